The first-order valence-corrected chi connectivity index (χ1v) is 5.55. The lowest BCUT2D eigenvalue weighted by molar-refractivity contribution is 0.513. The number of nitrogens with two attached hydrogens (primary N) is 1. The molecule has 3 N–H and O–H groups in total. The van der Waals surface area contributed by atoms with Gasteiger partial charge in [0.15, 0.2) is 5.82 Å². The molecule has 0 atom stereocenters. The highest BCUT2D eigenvalue weighted by atomic mass is 32.1. The summed E-state index contributed by atoms with van der Waals surface area (Å²) in [6.45, 7) is 0.682. The van der Waals surface area contributed by atoms with E-state index >= 15 is 0 Å². The number of furan rings is 1. The second kappa shape index (κ2) is 5.40. The van der Waals surface area contributed by atoms with Crippen molar-refractivity contribution in [1.29, 1.82) is 0 Å². The number of nitrogens with one attached hydrogen (secondary N) is 1. The zero-order valence-corrected chi connectivity index (χ0v) is 9.91. The molecule has 5 nitrogen and oxygen atoms in total. The molecule has 0 fully saturated rings. The van der Waals surface area contributed by atoms with Crippen molar-refractivity contribution in [3.8, 4) is 0 Å². The van der Waals surface area contributed by atoms with E-state index in [4.69, 9.17) is 22.4 Å². The van der Waals surface area contributed by atoms with Crippen LogP contribution in [0, 0.1) is 0 Å². The number of nitrogens with zero attached hydrogens (tertiary/aromatic N) is 2. The zero-order chi connectivity index (χ0) is 12.1. The van der Waals surface area contributed by atoms with Gasteiger partial charge in [-0.05, 0) is 12.1 Å². The van der Waals surface area contributed by atoms with Crippen LogP contribution in [0.4, 0.5) is 5.82 Å². The third kappa shape index (κ3) is 3.01. The molecule has 0 aliphatic heterocycles. The monoisotopic (exact) mass is 248 g/mol. The summed E-state index contributed by atoms with van der Waals surface area (Å²) in [5.74, 6) is 1.52. The molecule has 2 aromatic rings. The summed E-state index contributed by atoms with van der Waals surface area (Å²) in [6, 6.07) is 3.78. The lowest BCUT2D eigenvalue weighted by atomic mass is 10.3. The second-order valence-corrected chi connectivity index (χ2v) is 3.81. The molecule has 2 aromatic heterocycles. The minimum atomic E-state index is 0.235. The van der Waals surface area contributed by atoms with Gasteiger partial charge in [-0.15, -0.1) is 0 Å². The number of rotatable bonds is 5. The Kier molecular flexibility index (Phi) is 3.66. The predicted octanol–water partition coefficient (Wildman–Crippen LogP) is 1.36. The maximum absolute atomic E-state index is 5.55. The van der Waals surface area contributed by atoms with E-state index in [2.05, 4.69) is 15.3 Å². The average molecular weight is 248 g/mol. The number of hydrogen-bond acceptors (Lipinski definition) is 5. The maximum Gasteiger partial charge on any atom is 0.155 e. The van der Waals surface area contributed by atoms with Gasteiger partial charge in [-0.1, -0.05) is 12.2 Å². The fourth-order valence-electron chi connectivity index (χ4n) is 1.41. The van der Waals surface area contributed by atoms with Crippen molar-refractivity contribution in [2.24, 2.45) is 5.73 Å². The molecule has 17 heavy (non-hydrogen) atoms. The van der Waals surface area contributed by atoms with Gasteiger partial charge in [-0.3, -0.25) is 0 Å². The molecule has 0 aliphatic carbocycles. The van der Waals surface area contributed by atoms with Gasteiger partial charge in [0.1, 0.15) is 16.4 Å². The molecule has 0 bridgehead atoms. The molecule has 0 unspecified atom stereocenters. The quantitative estimate of drug-likeness (QED) is 0.778. The van der Waals surface area contributed by atoms with Crippen LogP contribution >= 0.6 is 12.2 Å². The molecule has 0 saturated heterocycles. The van der Waals surface area contributed by atoms with Crippen molar-refractivity contribution in [3.05, 3.63) is 42.2 Å². The third-order valence-corrected chi connectivity index (χ3v) is 2.37. The standard InChI is InChI=1S/C11H12N4OS/c12-10(17)9-11(15-6-5-13-9)14-4-3-8-2-1-7-16-8/h1-2,5-7H,3-4H2,(H2,12,17)(H,14,15). The van der Waals surface area contributed by atoms with Gasteiger partial charge in [-0.25, -0.2) is 9.97 Å². The van der Waals surface area contributed by atoms with Crippen LogP contribution in [0.1, 0.15) is 11.5 Å². The van der Waals surface area contributed by atoms with Crippen molar-refractivity contribution in [2.75, 3.05) is 11.9 Å². The molecule has 6 heteroatoms. The summed E-state index contributed by atoms with van der Waals surface area (Å²) < 4.78 is 5.22. The number of thiocarbonyl (C=S) groups is 1. The Morgan fingerprint density at radius 3 is 2.94 bits per heavy atom. The van der Waals surface area contributed by atoms with Crippen LogP contribution in [0.25, 0.3) is 0 Å². The van der Waals surface area contributed by atoms with E-state index in [0.717, 1.165) is 12.2 Å². The van der Waals surface area contributed by atoms with Gasteiger partial charge < -0.3 is 15.5 Å². The van der Waals surface area contributed by atoms with E-state index in [-0.39, 0.29) is 4.99 Å². The molecule has 88 valence electrons. The Bertz CT molecular complexity index is 498. The SMILES string of the molecule is NC(=S)c1nccnc1NCCc1ccco1. The van der Waals surface area contributed by atoms with Crippen molar-refractivity contribution in [3.63, 3.8) is 0 Å². The van der Waals surface area contributed by atoms with Gasteiger partial charge >= 0.3 is 0 Å². The predicted molar refractivity (Wildman–Crippen MR) is 68.8 cm³/mol. The minimum Gasteiger partial charge on any atom is -0.469 e. The molecule has 0 spiro atoms. The highest BCUT2D eigenvalue weighted by Gasteiger charge is 2.06. The molecule has 0 aromatic carbocycles. The first-order chi connectivity index (χ1) is 8.27. The topological polar surface area (TPSA) is 77.0 Å². The number of anilines is 1. The number of hydrogen-bond donors (Lipinski definition) is 2. The van der Waals surface area contributed by atoms with E-state index in [1.165, 1.54) is 0 Å². The molecule has 0 saturated carbocycles. The summed E-state index contributed by atoms with van der Waals surface area (Å²) in [5.41, 5.74) is 6.07. The highest BCUT2D eigenvalue weighted by Crippen LogP contribution is 2.08. The van der Waals surface area contributed by atoms with Gasteiger partial charge in [0.2, 0.25) is 0 Å². The lowest BCUT2D eigenvalue weighted by Crippen LogP contribution is -2.17. The fourth-order valence-corrected chi connectivity index (χ4v) is 1.56. The van der Waals surface area contributed by atoms with Crippen LogP contribution in [0.2, 0.25) is 0 Å². The maximum atomic E-state index is 5.55. The van der Waals surface area contributed by atoms with Crippen LogP contribution in [0.15, 0.2) is 35.2 Å². The normalized spacial score (nSPS) is 10.1. The first kappa shape index (κ1) is 11.5. The Hall–Kier alpha value is -1.95. The Labute approximate surface area is 104 Å². The zero-order valence-electron chi connectivity index (χ0n) is 9.09. The fraction of sp³-hybridized carbons (Fsp3) is 0.182. The van der Waals surface area contributed by atoms with E-state index in [9.17, 15) is 0 Å². The first-order valence-electron chi connectivity index (χ1n) is 5.14. The average Bonchev–Trinajstić information content (AvgIpc) is 2.82. The van der Waals surface area contributed by atoms with Gasteiger partial charge in [0, 0.05) is 25.4 Å². The van der Waals surface area contributed by atoms with Crippen LogP contribution in [0.3, 0.4) is 0 Å². The Morgan fingerprint density at radius 2 is 2.24 bits per heavy atom. The van der Waals surface area contributed by atoms with E-state index in [1.54, 1.807) is 18.7 Å². The molecular weight excluding hydrogens is 236 g/mol. The minimum absolute atomic E-state index is 0.235. The number of aromatic nitrogens is 2. The van der Waals surface area contributed by atoms with Gasteiger partial charge in [0.25, 0.3) is 0 Å². The molecule has 0 radical (unpaired) electrons. The Balaban J connectivity index is 1.97. The molecular formula is C11H12N4OS. The smallest absolute Gasteiger partial charge is 0.155 e. The summed E-state index contributed by atoms with van der Waals surface area (Å²) in [5, 5.41) is 3.13. The second-order valence-electron chi connectivity index (χ2n) is 3.37. The molecule has 0 amide bonds. The highest BCUT2D eigenvalue weighted by molar-refractivity contribution is 7.80. The van der Waals surface area contributed by atoms with Gasteiger partial charge in [0.05, 0.1) is 6.26 Å². The van der Waals surface area contributed by atoms with E-state index in [0.29, 0.717) is 18.1 Å². The lowest BCUT2D eigenvalue weighted by Gasteiger charge is -2.07. The summed E-state index contributed by atoms with van der Waals surface area (Å²) in [4.78, 5) is 8.46. The molecule has 0 aliphatic rings. The molecule has 2 heterocycles. The van der Waals surface area contributed by atoms with Crippen LogP contribution < -0.4 is 11.1 Å². The summed E-state index contributed by atoms with van der Waals surface area (Å²) in [6.07, 6.45) is 5.57. The van der Waals surface area contributed by atoms with Crippen LogP contribution in [-0.4, -0.2) is 21.5 Å². The molecule has 2 rings (SSSR count). The van der Waals surface area contributed by atoms with Crippen molar-refractivity contribution >= 4 is 23.0 Å². The van der Waals surface area contributed by atoms with Gasteiger partial charge in [-0.2, -0.15) is 0 Å². The Morgan fingerprint density at radius 1 is 1.41 bits per heavy atom. The summed E-state index contributed by atoms with van der Waals surface area (Å²) in [7, 11) is 0. The van der Waals surface area contributed by atoms with Crippen LogP contribution in [0.5, 0.6) is 0 Å². The van der Waals surface area contributed by atoms with E-state index < -0.39 is 0 Å². The largest absolute Gasteiger partial charge is 0.469 e. The third-order valence-electron chi connectivity index (χ3n) is 2.18. The van der Waals surface area contributed by atoms with Crippen LogP contribution in [-0.2, 0) is 6.42 Å². The van der Waals surface area contributed by atoms with E-state index in [1.807, 2.05) is 12.1 Å². The van der Waals surface area contributed by atoms with Crippen molar-refractivity contribution < 1.29 is 4.42 Å². The summed E-state index contributed by atoms with van der Waals surface area (Å²) >= 11 is 4.90. The van der Waals surface area contributed by atoms with Crippen molar-refractivity contribution in [2.45, 2.75) is 6.42 Å². The van der Waals surface area contributed by atoms with Crippen molar-refractivity contribution in [1.82, 2.24) is 9.97 Å².